The summed E-state index contributed by atoms with van der Waals surface area (Å²) in [6.45, 7) is 1.98. The van der Waals surface area contributed by atoms with Crippen LogP contribution in [0.25, 0.3) is 10.4 Å². The van der Waals surface area contributed by atoms with Crippen molar-refractivity contribution in [2.75, 3.05) is 0 Å². The molecule has 0 aliphatic carbocycles. The smallest absolute Gasteiger partial charge is 0.259 e. The average molecular weight is 206 g/mol. The Balaban J connectivity index is 2.70. The maximum Gasteiger partial charge on any atom is 0.259 e. The number of aromatic nitrogens is 2. The molecule has 0 aliphatic heterocycles. The zero-order valence-electron chi connectivity index (χ0n) is 8.02. The minimum absolute atomic E-state index is 0.0276. The SMILES string of the molecule is Cc1cc(-c2cncs2)c(=O)n(C)c1. The average Bonchev–Trinajstić information content (AvgIpc) is 2.63. The molecule has 0 saturated heterocycles. The van der Waals surface area contributed by atoms with E-state index in [1.807, 2.05) is 19.2 Å². The van der Waals surface area contributed by atoms with Crippen molar-refractivity contribution in [1.29, 1.82) is 0 Å². The Morgan fingerprint density at radius 2 is 2.29 bits per heavy atom. The van der Waals surface area contributed by atoms with Crippen LogP contribution in [0.5, 0.6) is 0 Å². The Morgan fingerprint density at radius 3 is 2.93 bits per heavy atom. The van der Waals surface area contributed by atoms with E-state index < -0.39 is 0 Å². The molecular weight excluding hydrogens is 196 g/mol. The highest BCUT2D eigenvalue weighted by atomic mass is 32.1. The van der Waals surface area contributed by atoms with E-state index in [1.165, 1.54) is 11.3 Å². The first kappa shape index (κ1) is 9.15. The number of aryl methyl sites for hydroxylation is 2. The predicted molar refractivity (Wildman–Crippen MR) is 57.5 cm³/mol. The molecule has 72 valence electrons. The first-order chi connectivity index (χ1) is 6.68. The molecule has 0 aromatic carbocycles. The molecule has 4 heteroatoms. The zero-order valence-corrected chi connectivity index (χ0v) is 8.84. The Morgan fingerprint density at radius 1 is 1.50 bits per heavy atom. The number of rotatable bonds is 1. The van der Waals surface area contributed by atoms with Gasteiger partial charge in [-0.05, 0) is 18.6 Å². The van der Waals surface area contributed by atoms with Gasteiger partial charge in [-0.15, -0.1) is 11.3 Å². The molecule has 0 spiro atoms. The van der Waals surface area contributed by atoms with Crippen LogP contribution >= 0.6 is 11.3 Å². The van der Waals surface area contributed by atoms with E-state index in [9.17, 15) is 4.79 Å². The summed E-state index contributed by atoms with van der Waals surface area (Å²) < 4.78 is 1.60. The van der Waals surface area contributed by atoms with Crippen molar-refractivity contribution in [3.63, 3.8) is 0 Å². The van der Waals surface area contributed by atoms with Gasteiger partial charge in [0.25, 0.3) is 5.56 Å². The van der Waals surface area contributed by atoms with E-state index in [2.05, 4.69) is 4.98 Å². The quantitative estimate of drug-likeness (QED) is 0.713. The number of hydrogen-bond acceptors (Lipinski definition) is 3. The Kier molecular flexibility index (Phi) is 2.21. The van der Waals surface area contributed by atoms with Crippen molar-refractivity contribution in [3.05, 3.63) is 39.9 Å². The molecule has 0 fully saturated rings. The summed E-state index contributed by atoms with van der Waals surface area (Å²) in [5, 5.41) is 0. The molecule has 2 aromatic rings. The third kappa shape index (κ3) is 1.48. The van der Waals surface area contributed by atoms with Crippen molar-refractivity contribution in [3.8, 4) is 10.4 Å². The van der Waals surface area contributed by atoms with Crippen LogP contribution in [0.15, 0.2) is 28.8 Å². The van der Waals surface area contributed by atoms with Crippen LogP contribution in [0.4, 0.5) is 0 Å². The molecule has 3 nitrogen and oxygen atoms in total. The molecule has 0 aliphatic rings. The van der Waals surface area contributed by atoms with Crippen LogP contribution < -0.4 is 5.56 Å². The molecule has 2 heterocycles. The van der Waals surface area contributed by atoms with Crippen LogP contribution in [-0.4, -0.2) is 9.55 Å². The van der Waals surface area contributed by atoms with Crippen LogP contribution in [-0.2, 0) is 7.05 Å². The van der Waals surface area contributed by atoms with Gasteiger partial charge in [0.1, 0.15) is 0 Å². The molecule has 0 radical (unpaired) electrons. The second-order valence-electron chi connectivity index (χ2n) is 3.21. The Labute approximate surface area is 85.7 Å². The minimum atomic E-state index is 0.0276. The molecule has 0 saturated carbocycles. The third-order valence-corrected chi connectivity index (χ3v) is 2.82. The van der Waals surface area contributed by atoms with Crippen molar-refractivity contribution in [2.24, 2.45) is 7.05 Å². The van der Waals surface area contributed by atoms with Crippen molar-refractivity contribution in [2.45, 2.75) is 6.92 Å². The number of pyridine rings is 1. The van der Waals surface area contributed by atoms with Gasteiger partial charge in [-0.1, -0.05) is 0 Å². The van der Waals surface area contributed by atoms with Crippen LogP contribution in [0.3, 0.4) is 0 Å². The lowest BCUT2D eigenvalue weighted by Gasteiger charge is -2.02. The summed E-state index contributed by atoms with van der Waals surface area (Å²) in [7, 11) is 1.76. The van der Waals surface area contributed by atoms with Crippen LogP contribution in [0.2, 0.25) is 0 Å². The maximum atomic E-state index is 11.8. The molecule has 0 unspecified atom stereocenters. The van der Waals surface area contributed by atoms with E-state index in [0.717, 1.165) is 16.0 Å². The maximum absolute atomic E-state index is 11.8. The summed E-state index contributed by atoms with van der Waals surface area (Å²) >= 11 is 1.48. The first-order valence-corrected chi connectivity index (χ1v) is 5.12. The molecule has 2 rings (SSSR count). The van der Waals surface area contributed by atoms with Crippen molar-refractivity contribution >= 4 is 11.3 Å². The highest BCUT2D eigenvalue weighted by molar-refractivity contribution is 7.13. The predicted octanol–water partition coefficient (Wildman–Crippen LogP) is 1.82. The summed E-state index contributed by atoms with van der Waals surface area (Å²) in [5.74, 6) is 0. The lowest BCUT2D eigenvalue weighted by atomic mass is 10.2. The van der Waals surface area contributed by atoms with Gasteiger partial charge in [0.05, 0.1) is 16.0 Å². The summed E-state index contributed by atoms with van der Waals surface area (Å²) in [4.78, 5) is 16.7. The van der Waals surface area contributed by atoms with Crippen LogP contribution in [0.1, 0.15) is 5.56 Å². The van der Waals surface area contributed by atoms with Gasteiger partial charge in [0.2, 0.25) is 0 Å². The summed E-state index contributed by atoms with van der Waals surface area (Å²) in [5.41, 5.74) is 3.57. The van der Waals surface area contributed by atoms with Gasteiger partial charge in [-0.3, -0.25) is 9.78 Å². The molecule has 2 aromatic heterocycles. The van der Waals surface area contributed by atoms with E-state index in [0.29, 0.717) is 0 Å². The fraction of sp³-hybridized carbons (Fsp3) is 0.200. The highest BCUT2D eigenvalue weighted by Crippen LogP contribution is 2.19. The van der Waals surface area contributed by atoms with E-state index >= 15 is 0 Å². The summed E-state index contributed by atoms with van der Waals surface area (Å²) in [6, 6.07) is 1.90. The second-order valence-corrected chi connectivity index (χ2v) is 4.10. The Bertz CT molecular complexity index is 499. The summed E-state index contributed by atoms with van der Waals surface area (Å²) in [6.07, 6.45) is 3.55. The van der Waals surface area contributed by atoms with Gasteiger partial charge < -0.3 is 4.57 Å². The Hall–Kier alpha value is -1.42. The molecular formula is C10H10N2OS. The third-order valence-electron chi connectivity index (χ3n) is 2.02. The standard InChI is InChI=1S/C10H10N2OS/c1-7-3-8(9-4-11-6-14-9)10(13)12(2)5-7/h3-6H,1-2H3. The van der Waals surface area contributed by atoms with Gasteiger partial charge in [-0.25, -0.2) is 0 Å². The number of nitrogens with zero attached hydrogens (tertiary/aromatic N) is 2. The topological polar surface area (TPSA) is 34.9 Å². The fourth-order valence-corrected chi connectivity index (χ4v) is 2.04. The first-order valence-electron chi connectivity index (χ1n) is 4.24. The molecule has 0 atom stereocenters. The second kappa shape index (κ2) is 3.38. The lowest BCUT2D eigenvalue weighted by molar-refractivity contribution is 0.855. The molecule has 14 heavy (non-hydrogen) atoms. The number of thiazole rings is 1. The van der Waals surface area contributed by atoms with Gasteiger partial charge in [0.15, 0.2) is 0 Å². The van der Waals surface area contributed by atoms with Gasteiger partial charge >= 0.3 is 0 Å². The monoisotopic (exact) mass is 206 g/mol. The number of hydrogen-bond donors (Lipinski definition) is 0. The van der Waals surface area contributed by atoms with E-state index in [-0.39, 0.29) is 5.56 Å². The molecule has 0 bridgehead atoms. The highest BCUT2D eigenvalue weighted by Gasteiger charge is 2.06. The van der Waals surface area contributed by atoms with Crippen molar-refractivity contribution < 1.29 is 0 Å². The molecule has 0 amide bonds. The van der Waals surface area contributed by atoms with Gasteiger partial charge in [-0.2, -0.15) is 0 Å². The zero-order chi connectivity index (χ0) is 10.1. The normalized spacial score (nSPS) is 10.4. The van der Waals surface area contributed by atoms with Gasteiger partial charge in [0, 0.05) is 19.4 Å². The molecule has 0 N–H and O–H groups in total. The largest absolute Gasteiger partial charge is 0.318 e. The fourth-order valence-electron chi connectivity index (χ4n) is 1.41. The van der Waals surface area contributed by atoms with E-state index in [4.69, 9.17) is 0 Å². The lowest BCUT2D eigenvalue weighted by Crippen LogP contribution is -2.17. The minimum Gasteiger partial charge on any atom is -0.318 e. The van der Waals surface area contributed by atoms with Crippen molar-refractivity contribution in [1.82, 2.24) is 9.55 Å². The van der Waals surface area contributed by atoms with Crippen LogP contribution in [0, 0.1) is 6.92 Å². The van der Waals surface area contributed by atoms with E-state index in [1.54, 1.807) is 23.3 Å².